The average Bonchev–Trinajstić information content (AvgIpc) is 2.04. The van der Waals surface area contributed by atoms with Gasteiger partial charge in [0.1, 0.15) is 17.4 Å². The minimum absolute atomic E-state index is 0. The van der Waals surface area contributed by atoms with Crippen molar-refractivity contribution in [1.82, 2.24) is 0 Å². The van der Waals surface area contributed by atoms with Gasteiger partial charge in [-0.25, -0.2) is 8.78 Å². The first-order chi connectivity index (χ1) is 5.61. The van der Waals surface area contributed by atoms with Gasteiger partial charge in [0.2, 0.25) is 0 Å². The number of phenols is 1. The third-order valence-corrected chi connectivity index (χ3v) is 1.27. The zero-order valence-corrected chi connectivity index (χ0v) is 10.8. The summed E-state index contributed by atoms with van der Waals surface area (Å²) in [5.74, 6) is -1.84. The van der Waals surface area contributed by atoms with Gasteiger partial charge in [-0.3, -0.25) is 0 Å². The summed E-state index contributed by atoms with van der Waals surface area (Å²) in [7, 11) is 0. The Balaban J connectivity index is 0. The number of hydrogen-bond donors (Lipinski definition) is 1. The molecule has 71 valence electrons. The van der Waals surface area contributed by atoms with Gasteiger partial charge in [0, 0.05) is 50.4 Å². The normalized spacial score (nSPS) is 8.08. The van der Waals surface area contributed by atoms with E-state index in [4.69, 9.17) is 5.11 Å². The maximum Gasteiger partial charge on any atom is 0.132 e. The summed E-state index contributed by atoms with van der Waals surface area (Å²) in [5.41, 5.74) is -0.0715. The summed E-state index contributed by atoms with van der Waals surface area (Å²) < 4.78 is 24.9. The van der Waals surface area contributed by atoms with Gasteiger partial charge >= 0.3 is 0 Å². The number of hydrogen-bond acceptors (Lipinski definition) is 1. The largest absolute Gasteiger partial charge is 0.508 e. The Morgan fingerprint density at radius 2 is 1.38 bits per heavy atom. The smallest absolute Gasteiger partial charge is 0.132 e. The van der Waals surface area contributed by atoms with E-state index in [1.165, 1.54) is 6.92 Å². The van der Waals surface area contributed by atoms with Crippen LogP contribution in [0.5, 0.6) is 5.75 Å². The van der Waals surface area contributed by atoms with E-state index in [2.05, 4.69) is 0 Å². The van der Waals surface area contributed by atoms with Crippen LogP contribution in [-0.2, 0) is 32.7 Å². The molecule has 1 nitrogen and oxygen atoms in total. The first-order valence-corrected chi connectivity index (χ1v) is 3.76. The van der Waals surface area contributed by atoms with Crippen LogP contribution < -0.4 is 0 Å². The van der Waals surface area contributed by atoms with E-state index in [0.717, 1.165) is 12.1 Å². The molecule has 0 saturated carbocycles. The second-order valence-corrected chi connectivity index (χ2v) is 2.03. The minimum Gasteiger partial charge on any atom is -0.508 e. The molecule has 0 bridgehead atoms. The van der Waals surface area contributed by atoms with Gasteiger partial charge in [-0.15, -0.1) is 0 Å². The van der Waals surface area contributed by atoms with Crippen molar-refractivity contribution < 1.29 is 46.6 Å². The van der Waals surface area contributed by atoms with Crippen molar-refractivity contribution in [3.8, 4) is 5.75 Å². The van der Waals surface area contributed by atoms with E-state index in [0.29, 0.717) is 0 Å². The first-order valence-electron chi connectivity index (χ1n) is 3.76. The Hall–Kier alpha value is -0.0161. The number of aromatic hydroxyl groups is 1. The second-order valence-electron chi connectivity index (χ2n) is 2.03. The molecular weight excluding hydrogens is 251 g/mol. The summed E-state index contributed by atoms with van der Waals surface area (Å²) in [6.07, 6.45) is 0. The van der Waals surface area contributed by atoms with Crippen LogP contribution in [0.25, 0.3) is 0 Å². The Morgan fingerprint density at radius 1 is 1.08 bits per heavy atom. The molecule has 13 heavy (non-hydrogen) atoms. The summed E-state index contributed by atoms with van der Waals surface area (Å²) in [4.78, 5) is 0. The number of halogens is 2. The molecular formula is C9H12F2OY. The fraction of sp³-hybridized carbons (Fsp3) is 0.333. The topological polar surface area (TPSA) is 20.2 Å². The summed E-state index contributed by atoms with van der Waals surface area (Å²) in [5, 5.41) is 8.64. The number of rotatable bonds is 0. The van der Waals surface area contributed by atoms with E-state index in [9.17, 15) is 8.78 Å². The predicted octanol–water partition coefficient (Wildman–Crippen LogP) is 3.00. The monoisotopic (exact) mass is 263 g/mol. The van der Waals surface area contributed by atoms with Crippen molar-refractivity contribution >= 4 is 0 Å². The molecule has 0 heterocycles. The van der Waals surface area contributed by atoms with E-state index in [1.807, 2.05) is 13.8 Å². The van der Waals surface area contributed by atoms with Crippen LogP contribution in [0.1, 0.15) is 19.4 Å². The van der Waals surface area contributed by atoms with Crippen molar-refractivity contribution in [2.75, 3.05) is 0 Å². The number of phenolic OH excluding ortho intramolecular Hbond substituents is 1. The van der Waals surface area contributed by atoms with Gasteiger partial charge in [-0.1, -0.05) is 13.8 Å². The fourth-order valence-electron chi connectivity index (χ4n) is 0.632. The molecule has 0 fully saturated rings. The molecule has 0 saturated heterocycles. The summed E-state index contributed by atoms with van der Waals surface area (Å²) >= 11 is 0. The van der Waals surface area contributed by atoms with E-state index in [1.54, 1.807) is 0 Å². The van der Waals surface area contributed by atoms with Crippen LogP contribution in [0.4, 0.5) is 8.78 Å². The van der Waals surface area contributed by atoms with E-state index < -0.39 is 11.6 Å². The van der Waals surface area contributed by atoms with Crippen molar-refractivity contribution in [3.05, 3.63) is 29.3 Å². The maximum atomic E-state index is 12.4. The van der Waals surface area contributed by atoms with Crippen LogP contribution >= 0.6 is 0 Å². The van der Waals surface area contributed by atoms with Crippen molar-refractivity contribution in [2.24, 2.45) is 0 Å². The zero-order valence-electron chi connectivity index (χ0n) is 7.94. The molecule has 4 heteroatoms. The van der Waals surface area contributed by atoms with E-state index in [-0.39, 0.29) is 44.0 Å². The van der Waals surface area contributed by atoms with Crippen LogP contribution in [0.2, 0.25) is 0 Å². The van der Waals surface area contributed by atoms with Crippen LogP contribution in [0.15, 0.2) is 12.1 Å². The molecule has 1 N–H and O–H groups in total. The molecule has 1 aromatic carbocycles. The van der Waals surface area contributed by atoms with Crippen LogP contribution in [0, 0.1) is 18.6 Å². The Labute approximate surface area is 102 Å². The maximum absolute atomic E-state index is 12.4. The average molecular weight is 263 g/mol. The molecule has 0 unspecified atom stereocenters. The van der Waals surface area contributed by atoms with Gasteiger partial charge in [-0.2, -0.15) is 0 Å². The Kier molecular flexibility index (Phi) is 8.79. The Morgan fingerprint density at radius 3 is 1.69 bits per heavy atom. The number of benzene rings is 1. The molecule has 0 spiro atoms. The third-order valence-electron chi connectivity index (χ3n) is 1.27. The molecule has 0 aliphatic carbocycles. The standard InChI is InChI=1S/C7H6F2O.C2H6.Y/c1-4-6(8)2-5(10)3-7(4)9;1-2;/h2-3,10H,1H3;1-2H3;. The first kappa shape index (κ1) is 15.5. The molecule has 1 aromatic rings. The molecule has 1 rings (SSSR count). The fourth-order valence-corrected chi connectivity index (χ4v) is 0.632. The molecule has 0 aromatic heterocycles. The minimum atomic E-state index is -0.725. The van der Waals surface area contributed by atoms with Gasteiger partial charge in [-0.05, 0) is 6.92 Å². The molecule has 0 aliphatic heterocycles. The SMILES string of the molecule is CC.Cc1c(F)cc(O)cc1F.[Y]. The summed E-state index contributed by atoms with van der Waals surface area (Å²) in [6, 6.07) is 1.75. The van der Waals surface area contributed by atoms with Crippen molar-refractivity contribution in [2.45, 2.75) is 20.8 Å². The van der Waals surface area contributed by atoms with Crippen molar-refractivity contribution in [1.29, 1.82) is 0 Å². The quantitative estimate of drug-likeness (QED) is 0.762. The van der Waals surface area contributed by atoms with Crippen LogP contribution in [0.3, 0.4) is 0 Å². The zero-order chi connectivity index (χ0) is 9.72. The second kappa shape index (κ2) is 7.39. The molecule has 1 radical (unpaired) electrons. The van der Waals surface area contributed by atoms with Gasteiger partial charge < -0.3 is 5.11 Å². The predicted molar refractivity (Wildman–Crippen MR) is 44.1 cm³/mol. The molecule has 0 atom stereocenters. The third kappa shape index (κ3) is 4.68. The van der Waals surface area contributed by atoms with Gasteiger partial charge in [0.15, 0.2) is 0 Å². The van der Waals surface area contributed by atoms with E-state index >= 15 is 0 Å². The molecule has 0 amide bonds. The molecule has 0 aliphatic rings. The van der Waals surface area contributed by atoms with Gasteiger partial charge in [0.05, 0.1) is 0 Å². The van der Waals surface area contributed by atoms with Crippen molar-refractivity contribution in [3.63, 3.8) is 0 Å². The van der Waals surface area contributed by atoms with Crippen LogP contribution in [-0.4, -0.2) is 5.11 Å². The van der Waals surface area contributed by atoms with Gasteiger partial charge in [0.25, 0.3) is 0 Å². The Bertz CT molecular complexity index is 241. The summed E-state index contributed by atoms with van der Waals surface area (Å²) in [6.45, 7) is 5.31.